The number of hydrogen-bond donors (Lipinski definition) is 0. The summed E-state index contributed by atoms with van der Waals surface area (Å²) < 4.78 is 0. The monoisotopic (exact) mass is 288 g/mol. The van der Waals surface area contributed by atoms with Crippen molar-refractivity contribution in [2.24, 2.45) is 5.41 Å². The summed E-state index contributed by atoms with van der Waals surface area (Å²) in [6.45, 7) is 8.23. The van der Waals surface area contributed by atoms with E-state index in [-0.39, 0.29) is 28.2 Å². The first-order valence-corrected chi connectivity index (χ1v) is 6.49. The topological polar surface area (TPSA) is 33.2 Å². The highest BCUT2D eigenvalue weighted by molar-refractivity contribution is 6.34. The Hall–Kier alpha value is -0.800. The van der Waals surface area contributed by atoms with Gasteiger partial charge in [-0.25, -0.2) is 4.98 Å². The summed E-state index contributed by atoms with van der Waals surface area (Å²) in [4.78, 5) is 18.0. The first kappa shape index (κ1) is 15.3. The van der Waals surface area contributed by atoms with Crippen LogP contribution in [-0.2, 0) is 0 Å². The Bertz CT molecular complexity index is 455. The van der Waals surface area contributed by atoms with Crippen molar-refractivity contribution in [2.45, 2.75) is 33.7 Å². The number of carbonyl (C=O) groups is 1. The number of amides is 1. The second-order valence-electron chi connectivity index (χ2n) is 5.42. The third-order valence-corrected chi connectivity index (χ3v) is 3.68. The largest absolute Gasteiger partial charge is 0.337 e. The number of nitrogens with zero attached hydrogens (tertiary/aromatic N) is 2. The molecule has 1 heterocycles. The average Bonchev–Trinajstić information content (AvgIpc) is 2.28. The van der Waals surface area contributed by atoms with Crippen molar-refractivity contribution in [1.29, 1.82) is 0 Å². The summed E-state index contributed by atoms with van der Waals surface area (Å²) >= 11 is 11.8. The third-order valence-electron chi connectivity index (χ3n) is 3.17. The molecule has 100 valence electrons. The van der Waals surface area contributed by atoms with Crippen LogP contribution in [0.5, 0.6) is 0 Å². The molecule has 0 aromatic carbocycles. The molecule has 1 unspecified atom stereocenters. The highest BCUT2D eigenvalue weighted by atomic mass is 35.5. The fraction of sp³-hybridized carbons (Fsp3) is 0.538. The maximum absolute atomic E-state index is 12.3. The van der Waals surface area contributed by atoms with Gasteiger partial charge in [-0.3, -0.25) is 4.79 Å². The minimum absolute atomic E-state index is 0.0184. The molecule has 0 bridgehead atoms. The lowest BCUT2D eigenvalue weighted by Crippen LogP contribution is -2.43. The van der Waals surface area contributed by atoms with E-state index in [9.17, 15) is 4.79 Å². The normalized spacial score (nSPS) is 13.3. The van der Waals surface area contributed by atoms with Gasteiger partial charge in [0.2, 0.25) is 0 Å². The van der Waals surface area contributed by atoms with Crippen molar-refractivity contribution < 1.29 is 4.79 Å². The predicted octanol–water partition coefficient (Wildman–Crippen LogP) is 3.90. The Morgan fingerprint density at radius 2 is 1.89 bits per heavy atom. The molecule has 0 fully saturated rings. The van der Waals surface area contributed by atoms with Gasteiger partial charge in [0.1, 0.15) is 10.8 Å². The summed E-state index contributed by atoms with van der Waals surface area (Å²) in [7, 11) is 1.75. The molecule has 0 N–H and O–H groups in total. The van der Waals surface area contributed by atoms with Crippen LogP contribution in [0.4, 0.5) is 0 Å². The summed E-state index contributed by atoms with van der Waals surface area (Å²) in [6, 6.07) is 3.20. The van der Waals surface area contributed by atoms with Crippen molar-refractivity contribution in [3.05, 3.63) is 28.0 Å². The molecule has 3 nitrogen and oxygen atoms in total. The SMILES string of the molecule is CC(N(C)C(=O)c1nc(Cl)ccc1Cl)C(C)(C)C. The molecule has 1 aromatic rings. The zero-order valence-electron chi connectivity index (χ0n) is 11.3. The van der Waals surface area contributed by atoms with E-state index in [4.69, 9.17) is 23.2 Å². The van der Waals surface area contributed by atoms with Gasteiger partial charge in [0.15, 0.2) is 0 Å². The van der Waals surface area contributed by atoms with E-state index in [1.54, 1.807) is 24.1 Å². The molecule has 18 heavy (non-hydrogen) atoms. The Labute approximate surface area is 118 Å². The zero-order chi connectivity index (χ0) is 14.1. The molecule has 1 atom stereocenters. The molecule has 0 aliphatic rings. The molecule has 0 aliphatic heterocycles. The number of halogens is 2. The second kappa shape index (κ2) is 5.45. The molecule has 1 rings (SSSR count). The van der Waals surface area contributed by atoms with E-state index >= 15 is 0 Å². The Morgan fingerprint density at radius 3 is 2.39 bits per heavy atom. The lowest BCUT2D eigenvalue weighted by atomic mass is 9.87. The zero-order valence-corrected chi connectivity index (χ0v) is 12.8. The summed E-state index contributed by atoms with van der Waals surface area (Å²) in [5, 5.41) is 0.580. The van der Waals surface area contributed by atoms with Crippen molar-refractivity contribution in [3.8, 4) is 0 Å². The molecule has 0 radical (unpaired) electrons. The lowest BCUT2D eigenvalue weighted by Gasteiger charge is -2.35. The molecule has 1 aromatic heterocycles. The van der Waals surface area contributed by atoms with Crippen LogP contribution in [0.15, 0.2) is 12.1 Å². The number of hydrogen-bond acceptors (Lipinski definition) is 2. The van der Waals surface area contributed by atoms with Gasteiger partial charge in [-0.15, -0.1) is 0 Å². The molecular weight excluding hydrogens is 271 g/mol. The van der Waals surface area contributed by atoms with Crippen LogP contribution in [0.1, 0.15) is 38.2 Å². The van der Waals surface area contributed by atoms with E-state index in [0.717, 1.165) is 0 Å². The molecule has 1 amide bonds. The van der Waals surface area contributed by atoms with E-state index in [1.165, 1.54) is 0 Å². The van der Waals surface area contributed by atoms with Gasteiger partial charge in [-0.05, 0) is 24.5 Å². The number of aromatic nitrogens is 1. The highest BCUT2D eigenvalue weighted by Crippen LogP contribution is 2.25. The van der Waals surface area contributed by atoms with Crippen LogP contribution in [-0.4, -0.2) is 28.9 Å². The lowest BCUT2D eigenvalue weighted by molar-refractivity contribution is 0.0623. The minimum atomic E-state index is -0.218. The van der Waals surface area contributed by atoms with Gasteiger partial charge in [0.25, 0.3) is 5.91 Å². The summed E-state index contributed by atoms with van der Waals surface area (Å²) in [6.07, 6.45) is 0. The average molecular weight is 289 g/mol. The standard InChI is InChI=1S/C13H18Cl2N2O/c1-8(13(2,3)4)17(5)12(18)11-9(14)6-7-10(15)16-11/h6-8H,1-5H3. The Morgan fingerprint density at radius 1 is 1.33 bits per heavy atom. The maximum Gasteiger partial charge on any atom is 0.274 e. The van der Waals surface area contributed by atoms with Crippen molar-refractivity contribution in [1.82, 2.24) is 9.88 Å². The van der Waals surface area contributed by atoms with E-state index < -0.39 is 0 Å². The Balaban J connectivity index is 3.04. The van der Waals surface area contributed by atoms with Crippen LogP contribution in [0.2, 0.25) is 10.2 Å². The smallest absolute Gasteiger partial charge is 0.274 e. The van der Waals surface area contributed by atoms with Crippen molar-refractivity contribution in [3.63, 3.8) is 0 Å². The van der Waals surface area contributed by atoms with E-state index in [0.29, 0.717) is 5.02 Å². The van der Waals surface area contributed by atoms with Gasteiger partial charge in [-0.1, -0.05) is 44.0 Å². The molecular formula is C13H18Cl2N2O. The minimum Gasteiger partial charge on any atom is -0.337 e. The Kier molecular flexibility index (Phi) is 4.62. The van der Waals surface area contributed by atoms with Crippen molar-refractivity contribution >= 4 is 29.1 Å². The highest BCUT2D eigenvalue weighted by Gasteiger charge is 2.29. The van der Waals surface area contributed by atoms with Crippen LogP contribution in [0.25, 0.3) is 0 Å². The molecule has 5 heteroatoms. The number of pyridine rings is 1. The van der Waals surface area contributed by atoms with E-state index in [2.05, 4.69) is 25.8 Å². The van der Waals surface area contributed by atoms with Crippen LogP contribution >= 0.6 is 23.2 Å². The first-order valence-electron chi connectivity index (χ1n) is 5.74. The van der Waals surface area contributed by atoms with Crippen molar-refractivity contribution in [2.75, 3.05) is 7.05 Å². The molecule has 0 aliphatic carbocycles. The van der Waals surface area contributed by atoms with Gasteiger partial charge >= 0.3 is 0 Å². The molecule has 0 saturated carbocycles. The quantitative estimate of drug-likeness (QED) is 0.774. The number of rotatable bonds is 2. The van der Waals surface area contributed by atoms with Gasteiger partial charge in [0, 0.05) is 13.1 Å². The van der Waals surface area contributed by atoms with Gasteiger partial charge in [0.05, 0.1) is 5.02 Å². The second-order valence-corrected chi connectivity index (χ2v) is 6.22. The fourth-order valence-corrected chi connectivity index (χ4v) is 1.83. The summed E-state index contributed by atoms with van der Waals surface area (Å²) in [5.41, 5.74) is 0.179. The van der Waals surface area contributed by atoms with Gasteiger partial charge < -0.3 is 4.90 Å². The maximum atomic E-state index is 12.3. The fourth-order valence-electron chi connectivity index (χ4n) is 1.49. The predicted molar refractivity (Wildman–Crippen MR) is 75.3 cm³/mol. The van der Waals surface area contributed by atoms with Crippen LogP contribution in [0.3, 0.4) is 0 Å². The molecule has 0 saturated heterocycles. The van der Waals surface area contributed by atoms with E-state index in [1.807, 2.05) is 6.92 Å². The molecule has 0 spiro atoms. The third kappa shape index (κ3) is 3.36. The summed E-state index contributed by atoms with van der Waals surface area (Å²) in [5.74, 6) is -0.218. The number of carbonyl (C=O) groups excluding carboxylic acids is 1. The van der Waals surface area contributed by atoms with Crippen LogP contribution < -0.4 is 0 Å². The van der Waals surface area contributed by atoms with Gasteiger partial charge in [-0.2, -0.15) is 0 Å². The van der Waals surface area contributed by atoms with Crippen LogP contribution in [0, 0.1) is 5.41 Å². The first-order chi connectivity index (χ1) is 8.14.